The first kappa shape index (κ1) is 9.67. The molecule has 0 aliphatic carbocycles. The molecule has 70 valence electrons. The zero-order chi connectivity index (χ0) is 9.84. The summed E-state index contributed by atoms with van der Waals surface area (Å²) in [5.41, 5.74) is 10.8. The molecule has 0 radical (unpaired) electrons. The average Bonchev–Trinajstić information content (AvgIpc) is 2.03. The number of amides is 1. The zero-order valence-corrected chi connectivity index (χ0v) is 7.54. The summed E-state index contributed by atoms with van der Waals surface area (Å²) in [7, 11) is 0. The third kappa shape index (κ3) is 2.52. The van der Waals surface area contributed by atoms with Crippen molar-refractivity contribution < 1.29 is 9.53 Å². The maximum absolute atomic E-state index is 10.4. The monoisotopic (exact) mass is 200 g/mol. The second-order valence-corrected chi connectivity index (χ2v) is 2.82. The van der Waals surface area contributed by atoms with Crippen molar-refractivity contribution in [2.24, 2.45) is 5.73 Å². The summed E-state index contributed by atoms with van der Waals surface area (Å²) >= 11 is 5.76. The number of carbonyl (C=O) groups excluding carboxylic acids is 1. The molecule has 0 aliphatic heterocycles. The van der Waals surface area contributed by atoms with Gasteiger partial charge in [0.05, 0.1) is 10.7 Å². The van der Waals surface area contributed by atoms with Crippen LogP contribution in [0.3, 0.4) is 0 Å². The molecule has 0 unspecified atom stereocenters. The van der Waals surface area contributed by atoms with Crippen molar-refractivity contribution >= 4 is 23.2 Å². The normalized spacial score (nSPS) is 9.62. The van der Waals surface area contributed by atoms with E-state index in [0.29, 0.717) is 16.5 Å². The van der Waals surface area contributed by atoms with Crippen molar-refractivity contribution in [2.45, 2.75) is 0 Å². The molecule has 13 heavy (non-hydrogen) atoms. The van der Waals surface area contributed by atoms with Gasteiger partial charge in [0.15, 0.2) is 12.4 Å². The van der Waals surface area contributed by atoms with E-state index in [1.807, 2.05) is 0 Å². The molecule has 0 atom stereocenters. The van der Waals surface area contributed by atoms with E-state index in [-0.39, 0.29) is 6.61 Å². The van der Waals surface area contributed by atoms with E-state index in [0.717, 1.165) is 0 Å². The van der Waals surface area contributed by atoms with Crippen LogP contribution in [0, 0.1) is 0 Å². The fraction of sp³-hybridized carbons (Fsp3) is 0.125. The van der Waals surface area contributed by atoms with Crippen molar-refractivity contribution in [3.05, 3.63) is 23.2 Å². The molecule has 0 saturated carbocycles. The van der Waals surface area contributed by atoms with Crippen LogP contribution >= 0.6 is 11.6 Å². The Balaban J connectivity index is 2.81. The molecule has 0 bridgehead atoms. The van der Waals surface area contributed by atoms with E-state index in [2.05, 4.69) is 0 Å². The molecular formula is C8H9ClN2O2. The maximum Gasteiger partial charge on any atom is 0.255 e. The summed E-state index contributed by atoms with van der Waals surface area (Å²) in [6.07, 6.45) is 0. The highest BCUT2D eigenvalue weighted by atomic mass is 35.5. The Morgan fingerprint density at radius 2 is 2.23 bits per heavy atom. The number of primary amides is 1. The van der Waals surface area contributed by atoms with Crippen molar-refractivity contribution in [1.82, 2.24) is 0 Å². The third-order valence-electron chi connectivity index (χ3n) is 1.36. The highest BCUT2D eigenvalue weighted by Crippen LogP contribution is 2.30. The van der Waals surface area contributed by atoms with Crippen LogP contribution in [0.25, 0.3) is 0 Å². The van der Waals surface area contributed by atoms with Gasteiger partial charge < -0.3 is 16.2 Å². The summed E-state index contributed by atoms with van der Waals surface area (Å²) < 4.78 is 5.00. The lowest BCUT2D eigenvalue weighted by molar-refractivity contribution is -0.119. The van der Waals surface area contributed by atoms with Crippen LogP contribution in [0.5, 0.6) is 5.75 Å². The molecule has 0 heterocycles. The van der Waals surface area contributed by atoms with E-state index in [1.165, 1.54) is 0 Å². The summed E-state index contributed by atoms with van der Waals surface area (Å²) in [5.74, 6) is -0.276. The average molecular weight is 201 g/mol. The molecule has 1 rings (SSSR count). The summed E-state index contributed by atoms with van der Waals surface area (Å²) in [6.45, 7) is -0.228. The number of rotatable bonds is 3. The largest absolute Gasteiger partial charge is 0.480 e. The lowest BCUT2D eigenvalue weighted by Gasteiger charge is -2.07. The van der Waals surface area contributed by atoms with Gasteiger partial charge in [-0.1, -0.05) is 17.7 Å². The van der Waals surface area contributed by atoms with E-state index < -0.39 is 5.91 Å². The van der Waals surface area contributed by atoms with Gasteiger partial charge in [0.1, 0.15) is 0 Å². The van der Waals surface area contributed by atoms with Gasteiger partial charge >= 0.3 is 0 Å². The Kier molecular flexibility index (Phi) is 2.97. The number of nitrogens with two attached hydrogens (primary N) is 2. The predicted octanol–water partition coefficient (Wildman–Crippen LogP) is 0.786. The second kappa shape index (κ2) is 4.00. The lowest BCUT2D eigenvalue weighted by atomic mass is 10.3. The van der Waals surface area contributed by atoms with Crippen LogP contribution in [0.1, 0.15) is 0 Å². The minimum Gasteiger partial charge on any atom is -0.480 e. The van der Waals surface area contributed by atoms with Crippen LogP contribution in [-0.2, 0) is 4.79 Å². The Hall–Kier alpha value is -1.42. The van der Waals surface area contributed by atoms with Gasteiger partial charge in [0.2, 0.25) is 0 Å². The van der Waals surface area contributed by atoms with E-state index in [1.54, 1.807) is 18.2 Å². The van der Waals surface area contributed by atoms with Crippen LogP contribution in [0.2, 0.25) is 5.02 Å². The molecule has 0 aliphatic rings. The predicted molar refractivity (Wildman–Crippen MR) is 50.6 cm³/mol. The van der Waals surface area contributed by atoms with Gasteiger partial charge in [-0.15, -0.1) is 0 Å². The molecule has 0 saturated heterocycles. The van der Waals surface area contributed by atoms with Crippen molar-refractivity contribution in [1.29, 1.82) is 0 Å². The molecule has 0 fully saturated rings. The highest BCUT2D eigenvalue weighted by molar-refractivity contribution is 6.32. The number of hydrogen-bond acceptors (Lipinski definition) is 3. The number of hydrogen-bond donors (Lipinski definition) is 2. The number of halogens is 1. The Morgan fingerprint density at radius 3 is 2.77 bits per heavy atom. The van der Waals surface area contributed by atoms with Gasteiger partial charge in [0, 0.05) is 0 Å². The molecule has 0 spiro atoms. The Labute approximate surface area is 80.4 Å². The number of nitrogen functional groups attached to an aromatic ring is 1. The van der Waals surface area contributed by atoms with E-state index in [4.69, 9.17) is 27.8 Å². The topological polar surface area (TPSA) is 78.3 Å². The maximum atomic E-state index is 10.4. The van der Waals surface area contributed by atoms with Gasteiger partial charge in [-0.3, -0.25) is 4.79 Å². The fourth-order valence-corrected chi connectivity index (χ4v) is 1.06. The van der Waals surface area contributed by atoms with Gasteiger partial charge in [-0.05, 0) is 12.1 Å². The van der Waals surface area contributed by atoms with Crippen molar-refractivity contribution in [3.63, 3.8) is 0 Å². The fourth-order valence-electron chi connectivity index (χ4n) is 0.821. The number of benzene rings is 1. The number of anilines is 1. The molecule has 5 heteroatoms. The number of ether oxygens (including phenoxy) is 1. The standard InChI is InChI=1S/C8H9ClN2O2/c9-5-2-1-3-6(10)8(5)13-4-7(11)12/h1-3H,4,10H2,(H2,11,12). The molecule has 0 aromatic heterocycles. The van der Waals surface area contributed by atoms with E-state index >= 15 is 0 Å². The Morgan fingerprint density at radius 1 is 1.54 bits per heavy atom. The quantitative estimate of drug-likeness (QED) is 0.708. The van der Waals surface area contributed by atoms with Crippen LogP contribution in [0.15, 0.2) is 18.2 Å². The first-order valence-corrected chi connectivity index (χ1v) is 3.94. The van der Waals surface area contributed by atoms with Gasteiger partial charge in [-0.25, -0.2) is 0 Å². The number of carbonyl (C=O) groups is 1. The second-order valence-electron chi connectivity index (χ2n) is 2.41. The summed E-state index contributed by atoms with van der Waals surface area (Å²) in [6, 6.07) is 4.94. The molecule has 4 nitrogen and oxygen atoms in total. The van der Waals surface area contributed by atoms with Crippen LogP contribution < -0.4 is 16.2 Å². The zero-order valence-electron chi connectivity index (χ0n) is 6.79. The van der Waals surface area contributed by atoms with E-state index in [9.17, 15) is 4.79 Å². The molecule has 4 N–H and O–H groups in total. The van der Waals surface area contributed by atoms with Gasteiger partial charge in [-0.2, -0.15) is 0 Å². The Bertz CT molecular complexity index is 308. The SMILES string of the molecule is NC(=O)COc1c(N)cccc1Cl. The molecule has 1 aromatic carbocycles. The highest BCUT2D eigenvalue weighted by Gasteiger charge is 2.06. The minimum absolute atomic E-state index is 0.228. The lowest BCUT2D eigenvalue weighted by Crippen LogP contribution is -2.20. The molecular weight excluding hydrogens is 192 g/mol. The molecule has 1 aromatic rings. The number of para-hydroxylation sites is 1. The first-order valence-electron chi connectivity index (χ1n) is 3.56. The minimum atomic E-state index is -0.570. The third-order valence-corrected chi connectivity index (χ3v) is 1.65. The summed E-state index contributed by atoms with van der Waals surface area (Å²) in [5, 5.41) is 0.362. The van der Waals surface area contributed by atoms with Crippen LogP contribution in [0.4, 0.5) is 5.69 Å². The van der Waals surface area contributed by atoms with Crippen LogP contribution in [-0.4, -0.2) is 12.5 Å². The molecule has 1 amide bonds. The first-order chi connectivity index (χ1) is 6.11. The summed E-state index contributed by atoms with van der Waals surface area (Å²) in [4.78, 5) is 10.4. The smallest absolute Gasteiger partial charge is 0.255 e. The van der Waals surface area contributed by atoms with Crippen molar-refractivity contribution in [2.75, 3.05) is 12.3 Å². The van der Waals surface area contributed by atoms with Gasteiger partial charge in [0.25, 0.3) is 5.91 Å². The van der Waals surface area contributed by atoms with Crippen molar-refractivity contribution in [3.8, 4) is 5.75 Å².